The second-order valence-electron chi connectivity index (χ2n) is 4.01. The van der Waals surface area contributed by atoms with E-state index in [1.54, 1.807) is 0 Å². The number of hydrogen-bond donors (Lipinski definition) is 1. The highest BCUT2D eigenvalue weighted by atomic mass is 16.3. The van der Waals surface area contributed by atoms with Crippen molar-refractivity contribution in [3.05, 3.63) is 42.2 Å². The van der Waals surface area contributed by atoms with Crippen LogP contribution in [0.2, 0.25) is 0 Å². The molecule has 0 saturated heterocycles. The number of pyridine rings is 1. The topological polar surface area (TPSA) is 33.1 Å². The van der Waals surface area contributed by atoms with Crippen LogP contribution in [0.3, 0.4) is 0 Å². The van der Waals surface area contributed by atoms with Crippen LogP contribution in [-0.2, 0) is 6.42 Å². The SMILES string of the molecule is C[C@@H](CO)Cc1cncc2ccccc12. The van der Waals surface area contributed by atoms with Crippen molar-refractivity contribution in [1.82, 2.24) is 4.98 Å². The smallest absolute Gasteiger partial charge is 0.0459 e. The first kappa shape index (κ1) is 10.1. The van der Waals surface area contributed by atoms with Crippen LogP contribution in [0.25, 0.3) is 10.8 Å². The number of aliphatic hydroxyl groups is 1. The van der Waals surface area contributed by atoms with E-state index < -0.39 is 0 Å². The van der Waals surface area contributed by atoms with Crippen LogP contribution in [0, 0.1) is 5.92 Å². The number of benzene rings is 1. The predicted molar refractivity (Wildman–Crippen MR) is 61.7 cm³/mol. The molecule has 0 fully saturated rings. The summed E-state index contributed by atoms with van der Waals surface area (Å²) in [6, 6.07) is 8.23. The van der Waals surface area contributed by atoms with Crippen molar-refractivity contribution >= 4 is 10.8 Å². The number of aliphatic hydroxyl groups excluding tert-OH is 1. The van der Waals surface area contributed by atoms with Gasteiger partial charge in [-0.05, 0) is 23.3 Å². The van der Waals surface area contributed by atoms with Gasteiger partial charge < -0.3 is 5.11 Å². The highest BCUT2D eigenvalue weighted by Crippen LogP contribution is 2.19. The maximum absolute atomic E-state index is 9.05. The zero-order valence-electron chi connectivity index (χ0n) is 8.85. The van der Waals surface area contributed by atoms with Crippen molar-refractivity contribution in [2.75, 3.05) is 6.61 Å². The average Bonchev–Trinajstić information content (AvgIpc) is 2.29. The van der Waals surface area contributed by atoms with Crippen LogP contribution >= 0.6 is 0 Å². The van der Waals surface area contributed by atoms with Gasteiger partial charge in [0.15, 0.2) is 0 Å². The van der Waals surface area contributed by atoms with Gasteiger partial charge in [0.2, 0.25) is 0 Å². The van der Waals surface area contributed by atoms with Crippen LogP contribution in [0.4, 0.5) is 0 Å². The molecular weight excluding hydrogens is 186 g/mol. The molecule has 0 saturated carbocycles. The van der Waals surface area contributed by atoms with Crippen LogP contribution in [0.15, 0.2) is 36.7 Å². The molecule has 2 nitrogen and oxygen atoms in total. The Morgan fingerprint density at radius 3 is 2.87 bits per heavy atom. The highest BCUT2D eigenvalue weighted by Gasteiger charge is 2.05. The lowest BCUT2D eigenvalue weighted by atomic mass is 9.99. The molecule has 0 aliphatic heterocycles. The molecule has 1 aromatic heterocycles. The lowest BCUT2D eigenvalue weighted by Crippen LogP contribution is -2.05. The van der Waals surface area contributed by atoms with Crippen LogP contribution < -0.4 is 0 Å². The van der Waals surface area contributed by atoms with Crippen molar-refractivity contribution in [3.63, 3.8) is 0 Å². The Bertz CT molecular complexity index is 448. The van der Waals surface area contributed by atoms with E-state index in [1.165, 1.54) is 16.3 Å². The maximum Gasteiger partial charge on any atom is 0.0459 e. The summed E-state index contributed by atoms with van der Waals surface area (Å²) >= 11 is 0. The van der Waals surface area contributed by atoms with Gasteiger partial charge in [0, 0.05) is 24.4 Å². The molecule has 2 heteroatoms. The summed E-state index contributed by atoms with van der Waals surface area (Å²) in [5, 5.41) is 11.5. The fraction of sp³-hybridized carbons (Fsp3) is 0.308. The number of rotatable bonds is 3. The van der Waals surface area contributed by atoms with E-state index in [0.29, 0.717) is 0 Å². The minimum Gasteiger partial charge on any atom is -0.396 e. The zero-order valence-corrected chi connectivity index (χ0v) is 8.85. The van der Waals surface area contributed by atoms with Crippen molar-refractivity contribution < 1.29 is 5.11 Å². The Kier molecular flexibility index (Phi) is 2.97. The molecular formula is C13H15NO. The van der Waals surface area contributed by atoms with E-state index in [0.717, 1.165) is 6.42 Å². The number of hydrogen-bond acceptors (Lipinski definition) is 2. The number of nitrogens with zero attached hydrogens (tertiary/aromatic N) is 1. The second kappa shape index (κ2) is 4.41. The first-order valence-corrected chi connectivity index (χ1v) is 5.23. The fourth-order valence-electron chi connectivity index (χ4n) is 1.78. The van der Waals surface area contributed by atoms with Gasteiger partial charge in [-0.3, -0.25) is 4.98 Å². The molecule has 1 aromatic carbocycles. The third kappa shape index (κ3) is 2.16. The average molecular weight is 201 g/mol. The van der Waals surface area contributed by atoms with Crippen molar-refractivity contribution in [2.45, 2.75) is 13.3 Å². The fourth-order valence-corrected chi connectivity index (χ4v) is 1.78. The molecule has 0 aliphatic carbocycles. The molecule has 0 amide bonds. The van der Waals surface area contributed by atoms with Gasteiger partial charge in [-0.15, -0.1) is 0 Å². The molecule has 2 rings (SSSR count). The summed E-state index contributed by atoms with van der Waals surface area (Å²) in [6.45, 7) is 2.27. The number of fused-ring (bicyclic) bond motifs is 1. The monoisotopic (exact) mass is 201 g/mol. The lowest BCUT2D eigenvalue weighted by Gasteiger charge is -2.09. The quantitative estimate of drug-likeness (QED) is 0.827. The summed E-state index contributed by atoms with van der Waals surface area (Å²) in [5.41, 5.74) is 1.22. The molecule has 0 radical (unpaired) electrons. The summed E-state index contributed by atoms with van der Waals surface area (Å²) < 4.78 is 0. The second-order valence-corrected chi connectivity index (χ2v) is 4.01. The molecule has 1 atom stereocenters. The van der Waals surface area contributed by atoms with E-state index in [9.17, 15) is 0 Å². The van der Waals surface area contributed by atoms with E-state index in [4.69, 9.17) is 5.11 Å². The normalized spacial score (nSPS) is 12.9. The Morgan fingerprint density at radius 1 is 1.27 bits per heavy atom. The summed E-state index contributed by atoms with van der Waals surface area (Å²) in [7, 11) is 0. The van der Waals surface area contributed by atoms with Gasteiger partial charge in [0.25, 0.3) is 0 Å². The Labute approximate surface area is 89.6 Å². The van der Waals surface area contributed by atoms with Gasteiger partial charge in [-0.2, -0.15) is 0 Å². The van der Waals surface area contributed by atoms with Crippen LogP contribution in [-0.4, -0.2) is 16.7 Å². The van der Waals surface area contributed by atoms with Gasteiger partial charge >= 0.3 is 0 Å². The van der Waals surface area contributed by atoms with E-state index in [1.807, 2.05) is 31.5 Å². The largest absolute Gasteiger partial charge is 0.396 e. The number of aromatic nitrogens is 1. The minimum absolute atomic E-state index is 0.225. The Balaban J connectivity index is 2.42. The maximum atomic E-state index is 9.05. The van der Waals surface area contributed by atoms with Crippen molar-refractivity contribution in [1.29, 1.82) is 0 Å². The summed E-state index contributed by atoms with van der Waals surface area (Å²) in [6.07, 6.45) is 4.65. The van der Waals surface area contributed by atoms with E-state index >= 15 is 0 Å². The molecule has 2 aromatic rings. The van der Waals surface area contributed by atoms with Gasteiger partial charge in [-0.1, -0.05) is 31.2 Å². The standard InChI is InChI=1S/C13H15NO/c1-10(9-15)6-12-8-14-7-11-4-2-3-5-13(11)12/h2-5,7-8,10,15H,6,9H2,1H3/t10-/m1/s1. The first-order chi connectivity index (χ1) is 7.31. The Hall–Kier alpha value is -1.41. The molecule has 1 N–H and O–H groups in total. The van der Waals surface area contributed by atoms with E-state index in [2.05, 4.69) is 17.1 Å². The molecule has 1 heterocycles. The summed E-state index contributed by atoms with van der Waals surface area (Å²) in [4.78, 5) is 4.22. The molecule has 0 unspecified atom stereocenters. The van der Waals surface area contributed by atoms with Crippen LogP contribution in [0.5, 0.6) is 0 Å². The molecule has 0 aliphatic rings. The molecule has 0 bridgehead atoms. The Morgan fingerprint density at radius 2 is 2.07 bits per heavy atom. The minimum atomic E-state index is 0.225. The molecule has 78 valence electrons. The molecule has 15 heavy (non-hydrogen) atoms. The highest BCUT2D eigenvalue weighted by molar-refractivity contribution is 5.84. The lowest BCUT2D eigenvalue weighted by molar-refractivity contribution is 0.237. The van der Waals surface area contributed by atoms with Gasteiger partial charge in [0.05, 0.1) is 0 Å². The van der Waals surface area contributed by atoms with Crippen molar-refractivity contribution in [2.24, 2.45) is 5.92 Å². The summed E-state index contributed by atoms with van der Waals surface area (Å²) in [5.74, 6) is 0.289. The third-order valence-electron chi connectivity index (χ3n) is 2.63. The predicted octanol–water partition coefficient (Wildman–Crippen LogP) is 2.41. The van der Waals surface area contributed by atoms with Crippen molar-refractivity contribution in [3.8, 4) is 0 Å². The van der Waals surface area contributed by atoms with Crippen LogP contribution in [0.1, 0.15) is 12.5 Å². The van der Waals surface area contributed by atoms with Gasteiger partial charge in [0.1, 0.15) is 0 Å². The van der Waals surface area contributed by atoms with E-state index in [-0.39, 0.29) is 12.5 Å². The van der Waals surface area contributed by atoms with Gasteiger partial charge in [-0.25, -0.2) is 0 Å². The third-order valence-corrected chi connectivity index (χ3v) is 2.63. The molecule has 0 spiro atoms. The first-order valence-electron chi connectivity index (χ1n) is 5.23. The zero-order chi connectivity index (χ0) is 10.7.